The Bertz CT molecular complexity index is 894. The number of anilines is 2. The van der Waals surface area contributed by atoms with Crippen LogP contribution in [-0.2, 0) is 0 Å². The van der Waals surface area contributed by atoms with Crippen LogP contribution in [0.2, 0.25) is 0 Å². The fourth-order valence-electron chi connectivity index (χ4n) is 3.28. The second-order valence-corrected chi connectivity index (χ2v) is 6.43. The lowest BCUT2D eigenvalue weighted by Crippen LogP contribution is -2.29. The number of fused-ring (bicyclic) bond motifs is 1. The van der Waals surface area contributed by atoms with Crippen LogP contribution in [0.4, 0.5) is 11.4 Å². The minimum absolute atomic E-state index is 0.193. The smallest absolute Gasteiger partial charge is 0.274 e. The van der Waals surface area contributed by atoms with Gasteiger partial charge in [-0.05, 0) is 56.5 Å². The number of carbonyl (C=O) groups excluding carboxylic acids is 1. The molecule has 1 aliphatic rings. The molecule has 2 aromatic heterocycles. The van der Waals surface area contributed by atoms with E-state index in [2.05, 4.69) is 32.4 Å². The highest BCUT2D eigenvalue weighted by atomic mass is 16.2. The van der Waals surface area contributed by atoms with E-state index >= 15 is 0 Å². The number of nitrogens with zero attached hydrogens (tertiary/aromatic N) is 4. The van der Waals surface area contributed by atoms with Crippen molar-refractivity contribution >= 4 is 22.9 Å². The van der Waals surface area contributed by atoms with Gasteiger partial charge in [-0.25, -0.2) is 9.50 Å². The van der Waals surface area contributed by atoms with Gasteiger partial charge in [-0.3, -0.25) is 4.79 Å². The first-order valence-electron chi connectivity index (χ1n) is 8.68. The van der Waals surface area contributed by atoms with Crippen LogP contribution in [0.25, 0.3) is 5.65 Å². The van der Waals surface area contributed by atoms with Crippen molar-refractivity contribution in [2.45, 2.75) is 26.2 Å². The summed E-state index contributed by atoms with van der Waals surface area (Å²) in [7, 11) is 0. The van der Waals surface area contributed by atoms with E-state index in [1.807, 2.05) is 25.1 Å². The van der Waals surface area contributed by atoms with Crippen molar-refractivity contribution in [3.8, 4) is 0 Å². The molecule has 0 atom stereocenters. The summed E-state index contributed by atoms with van der Waals surface area (Å²) >= 11 is 0. The van der Waals surface area contributed by atoms with Crippen LogP contribution in [-0.4, -0.2) is 33.6 Å². The van der Waals surface area contributed by atoms with Gasteiger partial charge in [0.15, 0.2) is 5.65 Å². The molecule has 3 heterocycles. The van der Waals surface area contributed by atoms with Crippen molar-refractivity contribution in [2.75, 3.05) is 23.3 Å². The zero-order valence-electron chi connectivity index (χ0n) is 14.3. The Balaban J connectivity index is 1.52. The number of hydrogen-bond acceptors (Lipinski definition) is 4. The van der Waals surface area contributed by atoms with E-state index in [9.17, 15) is 4.79 Å². The molecule has 4 rings (SSSR count). The summed E-state index contributed by atoms with van der Waals surface area (Å²) < 4.78 is 1.58. The average molecular weight is 335 g/mol. The van der Waals surface area contributed by atoms with E-state index in [-0.39, 0.29) is 5.91 Å². The van der Waals surface area contributed by atoms with Crippen molar-refractivity contribution in [2.24, 2.45) is 0 Å². The van der Waals surface area contributed by atoms with E-state index in [0.29, 0.717) is 11.3 Å². The molecular weight excluding hydrogens is 314 g/mol. The lowest BCUT2D eigenvalue weighted by Gasteiger charge is -2.28. The highest BCUT2D eigenvalue weighted by Gasteiger charge is 2.14. The monoisotopic (exact) mass is 335 g/mol. The molecule has 1 aliphatic heterocycles. The number of rotatable bonds is 3. The van der Waals surface area contributed by atoms with Crippen molar-refractivity contribution in [3.05, 3.63) is 54.0 Å². The van der Waals surface area contributed by atoms with Crippen molar-refractivity contribution in [1.29, 1.82) is 0 Å². The average Bonchev–Trinajstić information content (AvgIpc) is 3.03. The summed E-state index contributed by atoms with van der Waals surface area (Å²) in [6.07, 6.45) is 5.45. The van der Waals surface area contributed by atoms with E-state index < -0.39 is 0 Å². The number of aryl methyl sites for hydroxylation is 1. The normalized spacial score (nSPS) is 14.7. The topological polar surface area (TPSA) is 62.5 Å². The van der Waals surface area contributed by atoms with Crippen LogP contribution in [0, 0.1) is 6.92 Å². The van der Waals surface area contributed by atoms with Gasteiger partial charge >= 0.3 is 0 Å². The maximum absolute atomic E-state index is 12.6. The van der Waals surface area contributed by atoms with Crippen LogP contribution in [0.15, 0.2) is 42.6 Å². The molecule has 25 heavy (non-hydrogen) atoms. The Morgan fingerprint density at radius 2 is 1.84 bits per heavy atom. The maximum atomic E-state index is 12.6. The summed E-state index contributed by atoms with van der Waals surface area (Å²) in [6, 6.07) is 11.6. The van der Waals surface area contributed by atoms with Crippen LogP contribution >= 0.6 is 0 Å². The van der Waals surface area contributed by atoms with Crippen LogP contribution in [0.1, 0.15) is 35.4 Å². The molecule has 6 nitrogen and oxygen atoms in total. The van der Waals surface area contributed by atoms with Gasteiger partial charge in [-0.2, -0.15) is 5.10 Å². The van der Waals surface area contributed by atoms with Gasteiger partial charge in [0.05, 0.1) is 5.69 Å². The van der Waals surface area contributed by atoms with E-state index in [0.717, 1.165) is 24.5 Å². The zero-order chi connectivity index (χ0) is 17.2. The summed E-state index contributed by atoms with van der Waals surface area (Å²) in [5.41, 5.74) is 3.97. The van der Waals surface area contributed by atoms with Crippen molar-refractivity contribution in [3.63, 3.8) is 0 Å². The van der Waals surface area contributed by atoms with Gasteiger partial charge in [0, 0.05) is 36.7 Å². The van der Waals surface area contributed by atoms with Gasteiger partial charge in [0.2, 0.25) is 0 Å². The zero-order valence-corrected chi connectivity index (χ0v) is 14.3. The SMILES string of the molecule is Cc1cc2nccc(C(=O)Nc3ccc(N4CCCCC4)cc3)n2n1. The molecular formula is C19H21N5O. The number of amides is 1. The van der Waals surface area contributed by atoms with Crippen LogP contribution in [0.5, 0.6) is 0 Å². The summed E-state index contributed by atoms with van der Waals surface area (Å²) in [5, 5.41) is 7.28. The van der Waals surface area contributed by atoms with Crippen LogP contribution < -0.4 is 10.2 Å². The molecule has 1 saturated heterocycles. The Morgan fingerprint density at radius 1 is 1.08 bits per heavy atom. The Kier molecular flexibility index (Phi) is 4.09. The largest absolute Gasteiger partial charge is 0.372 e. The highest BCUT2D eigenvalue weighted by molar-refractivity contribution is 6.03. The third-order valence-electron chi connectivity index (χ3n) is 4.56. The third-order valence-corrected chi connectivity index (χ3v) is 4.56. The molecule has 0 aliphatic carbocycles. The molecule has 6 heteroatoms. The lowest BCUT2D eigenvalue weighted by atomic mass is 10.1. The third kappa shape index (κ3) is 3.20. The Hall–Kier alpha value is -2.89. The van der Waals surface area contributed by atoms with Gasteiger partial charge in [-0.1, -0.05) is 0 Å². The molecule has 0 bridgehead atoms. The summed E-state index contributed by atoms with van der Waals surface area (Å²) in [6.45, 7) is 4.11. The summed E-state index contributed by atoms with van der Waals surface area (Å²) in [4.78, 5) is 19.2. The molecule has 3 aromatic rings. The number of benzene rings is 1. The van der Waals surface area contributed by atoms with Crippen LogP contribution in [0.3, 0.4) is 0 Å². The fraction of sp³-hybridized carbons (Fsp3) is 0.316. The standard InChI is InChI=1S/C19H21N5O/c1-14-13-18-20-10-9-17(24(18)22-14)19(25)21-15-5-7-16(8-6-15)23-11-3-2-4-12-23/h5-10,13H,2-4,11-12H2,1H3,(H,21,25). The molecule has 0 unspecified atom stereocenters. The van der Waals surface area contributed by atoms with Crippen molar-refractivity contribution < 1.29 is 4.79 Å². The minimum Gasteiger partial charge on any atom is -0.372 e. The number of hydrogen-bond donors (Lipinski definition) is 1. The first kappa shape index (κ1) is 15.6. The van der Waals surface area contributed by atoms with Gasteiger partial charge in [-0.15, -0.1) is 0 Å². The van der Waals surface area contributed by atoms with E-state index in [1.54, 1.807) is 16.8 Å². The molecule has 0 spiro atoms. The quantitative estimate of drug-likeness (QED) is 0.798. The number of carbonyl (C=O) groups is 1. The maximum Gasteiger partial charge on any atom is 0.274 e. The first-order valence-corrected chi connectivity index (χ1v) is 8.68. The number of nitrogens with one attached hydrogen (secondary N) is 1. The molecule has 1 aromatic carbocycles. The molecule has 0 radical (unpaired) electrons. The van der Waals surface area contributed by atoms with Gasteiger partial charge in [0.25, 0.3) is 5.91 Å². The Labute approximate surface area is 146 Å². The van der Waals surface area contributed by atoms with Gasteiger partial charge in [0.1, 0.15) is 5.69 Å². The molecule has 1 amide bonds. The van der Waals surface area contributed by atoms with Crippen molar-refractivity contribution in [1.82, 2.24) is 14.6 Å². The molecule has 128 valence electrons. The second-order valence-electron chi connectivity index (χ2n) is 6.43. The second kappa shape index (κ2) is 6.55. The molecule has 1 fully saturated rings. The number of piperidine rings is 1. The molecule has 0 saturated carbocycles. The minimum atomic E-state index is -0.193. The highest BCUT2D eigenvalue weighted by Crippen LogP contribution is 2.22. The fourth-order valence-corrected chi connectivity index (χ4v) is 3.28. The predicted molar refractivity (Wildman–Crippen MR) is 98.2 cm³/mol. The number of aromatic nitrogens is 3. The first-order chi connectivity index (χ1) is 12.2. The van der Waals surface area contributed by atoms with E-state index in [1.165, 1.54) is 24.9 Å². The lowest BCUT2D eigenvalue weighted by molar-refractivity contribution is 0.102. The predicted octanol–water partition coefficient (Wildman–Crippen LogP) is 3.28. The van der Waals surface area contributed by atoms with Gasteiger partial charge < -0.3 is 10.2 Å². The summed E-state index contributed by atoms with van der Waals surface area (Å²) in [5.74, 6) is -0.193. The Morgan fingerprint density at radius 3 is 2.60 bits per heavy atom. The van der Waals surface area contributed by atoms with E-state index in [4.69, 9.17) is 0 Å². The molecule has 1 N–H and O–H groups in total.